The van der Waals surface area contributed by atoms with Crippen molar-refractivity contribution < 1.29 is 4.74 Å². The molecule has 4 aromatic rings. The molecule has 0 atom stereocenters. The van der Waals surface area contributed by atoms with Crippen LogP contribution in [0, 0.1) is 11.3 Å². The van der Waals surface area contributed by atoms with E-state index < -0.39 is 0 Å². The van der Waals surface area contributed by atoms with Crippen LogP contribution in [0.4, 0.5) is 0 Å². The largest absolute Gasteiger partial charge is 0.489 e. The molecule has 1 heterocycles. The molecule has 5 nitrogen and oxygen atoms in total. The fourth-order valence-electron chi connectivity index (χ4n) is 2.80. The van der Waals surface area contributed by atoms with Gasteiger partial charge in [-0.3, -0.25) is 4.79 Å². The van der Waals surface area contributed by atoms with E-state index in [1.54, 1.807) is 18.2 Å². The van der Waals surface area contributed by atoms with Gasteiger partial charge in [-0.1, -0.05) is 36.4 Å². The summed E-state index contributed by atoms with van der Waals surface area (Å²) in [6.07, 6.45) is 0. The maximum Gasteiger partial charge on any atom is 0.259 e. The topological polar surface area (TPSA) is 78.8 Å². The second-order valence-corrected chi connectivity index (χ2v) is 6.06. The summed E-state index contributed by atoms with van der Waals surface area (Å²) in [6, 6.07) is 24.0. The lowest BCUT2D eigenvalue weighted by atomic mass is 10.1. The number of nitriles is 1. The number of H-pyrrole nitrogens is 1. The third kappa shape index (κ3) is 3.55. The number of hydrogen-bond donors (Lipinski definition) is 1. The van der Waals surface area contributed by atoms with Crippen molar-refractivity contribution in [1.29, 1.82) is 5.26 Å². The Morgan fingerprint density at radius 1 is 1.00 bits per heavy atom. The minimum absolute atomic E-state index is 0.167. The lowest BCUT2D eigenvalue weighted by Crippen LogP contribution is -2.09. The maximum atomic E-state index is 12.3. The summed E-state index contributed by atoms with van der Waals surface area (Å²) < 4.78 is 5.84. The first-order valence-corrected chi connectivity index (χ1v) is 8.44. The number of nitrogens with zero attached hydrogens (tertiary/aromatic N) is 2. The number of benzene rings is 3. The molecule has 0 unspecified atom stereocenters. The van der Waals surface area contributed by atoms with Gasteiger partial charge in [0.15, 0.2) is 0 Å². The molecule has 0 amide bonds. The summed E-state index contributed by atoms with van der Waals surface area (Å²) in [5.74, 6) is 1.18. The molecule has 0 aliphatic heterocycles. The highest BCUT2D eigenvalue weighted by molar-refractivity contribution is 5.79. The van der Waals surface area contributed by atoms with E-state index in [0.717, 1.165) is 11.1 Å². The Labute approximate surface area is 155 Å². The Hall–Kier alpha value is -3.91. The molecular formula is C22H15N3O2. The molecule has 4 rings (SSSR count). The van der Waals surface area contributed by atoms with E-state index in [4.69, 9.17) is 10.00 Å². The van der Waals surface area contributed by atoms with Crippen molar-refractivity contribution >= 4 is 10.9 Å². The van der Waals surface area contributed by atoms with Crippen molar-refractivity contribution in [1.82, 2.24) is 9.97 Å². The molecule has 1 N–H and O–H groups in total. The van der Waals surface area contributed by atoms with Crippen molar-refractivity contribution in [2.45, 2.75) is 6.61 Å². The summed E-state index contributed by atoms with van der Waals surface area (Å²) in [7, 11) is 0. The van der Waals surface area contributed by atoms with Crippen molar-refractivity contribution in [3.63, 3.8) is 0 Å². The van der Waals surface area contributed by atoms with E-state index in [1.165, 1.54) is 0 Å². The molecule has 0 radical (unpaired) electrons. The third-order valence-electron chi connectivity index (χ3n) is 4.21. The molecule has 1 aromatic heterocycles. The van der Waals surface area contributed by atoms with Gasteiger partial charge in [0.1, 0.15) is 18.2 Å². The third-order valence-corrected chi connectivity index (χ3v) is 4.21. The summed E-state index contributed by atoms with van der Waals surface area (Å²) in [5.41, 5.74) is 2.85. The molecular weight excluding hydrogens is 338 g/mol. The summed E-state index contributed by atoms with van der Waals surface area (Å²) >= 11 is 0. The molecule has 5 heteroatoms. The average Bonchev–Trinajstić information content (AvgIpc) is 2.73. The van der Waals surface area contributed by atoms with Crippen LogP contribution in [0.1, 0.15) is 11.1 Å². The van der Waals surface area contributed by atoms with Crippen LogP contribution in [0.25, 0.3) is 22.3 Å². The van der Waals surface area contributed by atoms with E-state index in [-0.39, 0.29) is 5.56 Å². The van der Waals surface area contributed by atoms with Crippen molar-refractivity contribution in [2.24, 2.45) is 0 Å². The van der Waals surface area contributed by atoms with Gasteiger partial charge in [-0.2, -0.15) is 5.26 Å². The number of fused-ring (bicyclic) bond motifs is 1. The molecule has 3 aromatic carbocycles. The SMILES string of the molecule is N#Cc1ccc(COc2cccc(-c3nc4ccccc4c(=O)[nH]3)c2)cc1. The van der Waals surface area contributed by atoms with Crippen LogP contribution in [0.5, 0.6) is 5.75 Å². The predicted molar refractivity (Wildman–Crippen MR) is 103 cm³/mol. The Kier molecular flexibility index (Phi) is 4.38. The Bertz CT molecular complexity index is 1200. The van der Waals surface area contributed by atoms with Crippen LogP contribution in [0.3, 0.4) is 0 Å². The van der Waals surface area contributed by atoms with Gasteiger partial charge < -0.3 is 9.72 Å². The second kappa shape index (κ2) is 7.14. The van der Waals surface area contributed by atoms with Crippen LogP contribution in [0.2, 0.25) is 0 Å². The fraction of sp³-hybridized carbons (Fsp3) is 0.0455. The van der Waals surface area contributed by atoms with Crippen LogP contribution in [0.15, 0.2) is 77.6 Å². The van der Waals surface area contributed by atoms with Crippen molar-refractivity contribution in [3.05, 3.63) is 94.3 Å². The zero-order valence-electron chi connectivity index (χ0n) is 14.3. The van der Waals surface area contributed by atoms with E-state index in [2.05, 4.69) is 16.0 Å². The van der Waals surface area contributed by atoms with Crippen LogP contribution >= 0.6 is 0 Å². The molecule has 130 valence electrons. The molecule has 27 heavy (non-hydrogen) atoms. The van der Waals surface area contributed by atoms with E-state index in [9.17, 15) is 4.79 Å². The van der Waals surface area contributed by atoms with E-state index in [0.29, 0.717) is 34.6 Å². The number of hydrogen-bond acceptors (Lipinski definition) is 4. The minimum Gasteiger partial charge on any atom is -0.489 e. The second-order valence-electron chi connectivity index (χ2n) is 6.06. The predicted octanol–water partition coefficient (Wildman–Crippen LogP) is 4.04. The Morgan fingerprint density at radius 2 is 1.81 bits per heavy atom. The smallest absolute Gasteiger partial charge is 0.259 e. The summed E-state index contributed by atoms with van der Waals surface area (Å²) in [5, 5.41) is 9.41. The molecule has 0 spiro atoms. The normalized spacial score (nSPS) is 10.5. The molecule has 0 aliphatic carbocycles. The van der Waals surface area contributed by atoms with Gasteiger partial charge in [0.25, 0.3) is 5.56 Å². The first-order valence-electron chi connectivity index (χ1n) is 8.44. The lowest BCUT2D eigenvalue weighted by Gasteiger charge is -2.08. The zero-order chi connectivity index (χ0) is 18.6. The average molecular weight is 353 g/mol. The summed E-state index contributed by atoms with van der Waals surface area (Å²) in [4.78, 5) is 19.6. The lowest BCUT2D eigenvalue weighted by molar-refractivity contribution is 0.306. The number of aromatic nitrogens is 2. The van der Waals surface area contributed by atoms with Crippen LogP contribution in [-0.2, 0) is 6.61 Å². The first-order chi connectivity index (χ1) is 13.2. The Morgan fingerprint density at radius 3 is 2.63 bits per heavy atom. The molecule has 0 saturated carbocycles. The molecule has 0 fully saturated rings. The van der Waals surface area contributed by atoms with Crippen LogP contribution in [-0.4, -0.2) is 9.97 Å². The highest BCUT2D eigenvalue weighted by Gasteiger charge is 2.07. The van der Waals surface area contributed by atoms with Gasteiger partial charge >= 0.3 is 0 Å². The molecule has 0 bridgehead atoms. The van der Waals surface area contributed by atoms with Gasteiger partial charge in [0, 0.05) is 5.56 Å². The van der Waals surface area contributed by atoms with E-state index in [1.807, 2.05) is 54.6 Å². The van der Waals surface area contributed by atoms with E-state index >= 15 is 0 Å². The van der Waals surface area contributed by atoms with Gasteiger partial charge in [-0.25, -0.2) is 4.98 Å². The van der Waals surface area contributed by atoms with Crippen LogP contribution < -0.4 is 10.3 Å². The van der Waals surface area contributed by atoms with Gasteiger partial charge in [-0.05, 0) is 42.0 Å². The van der Waals surface area contributed by atoms with Crippen molar-refractivity contribution in [2.75, 3.05) is 0 Å². The Balaban J connectivity index is 1.59. The number of para-hydroxylation sites is 1. The maximum absolute atomic E-state index is 12.3. The quantitative estimate of drug-likeness (QED) is 0.600. The van der Waals surface area contributed by atoms with Crippen molar-refractivity contribution in [3.8, 4) is 23.2 Å². The van der Waals surface area contributed by atoms with Gasteiger partial charge in [-0.15, -0.1) is 0 Å². The summed E-state index contributed by atoms with van der Waals surface area (Å²) in [6.45, 7) is 0.386. The molecule has 0 saturated heterocycles. The monoisotopic (exact) mass is 353 g/mol. The van der Waals surface area contributed by atoms with Gasteiger partial charge in [0.05, 0.1) is 22.5 Å². The number of nitrogens with one attached hydrogen (secondary N) is 1. The van der Waals surface area contributed by atoms with Gasteiger partial charge in [0.2, 0.25) is 0 Å². The zero-order valence-corrected chi connectivity index (χ0v) is 14.3. The number of aromatic amines is 1. The highest BCUT2D eigenvalue weighted by Crippen LogP contribution is 2.22. The number of ether oxygens (including phenoxy) is 1. The standard InChI is InChI=1S/C22H15N3O2/c23-13-15-8-10-16(11-9-15)14-27-18-5-3-4-17(12-18)21-24-20-7-2-1-6-19(20)22(26)25-21/h1-12H,14H2,(H,24,25,26). The molecule has 0 aliphatic rings. The number of rotatable bonds is 4. The fourth-order valence-corrected chi connectivity index (χ4v) is 2.80. The first kappa shape index (κ1) is 16.6. The minimum atomic E-state index is -0.167. The highest BCUT2D eigenvalue weighted by atomic mass is 16.5.